The molecule has 15 heavy (non-hydrogen) atoms. The lowest BCUT2D eigenvalue weighted by Crippen LogP contribution is -2.40. The molecule has 0 fully saturated rings. The summed E-state index contributed by atoms with van der Waals surface area (Å²) in [7, 11) is 1.58. The first-order valence-corrected chi connectivity index (χ1v) is 4.61. The molecule has 0 aliphatic rings. The third kappa shape index (κ3) is 2.87. The molecule has 0 spiro atoms. The van der Waals surface area contributed by atoms with Gasteiger partial charge in [0.1, 0.15) is 5.75 Å². The first-order chi connectivity index (χ1) is 6.95. The molecule has 1 amide bonds. The van der Waals surface area contributed by atoms with Crippen LogP contribution in [-0.4, -0.2) is 18.3 Å². The number of ether oxygens (including phenoxy) is 1. The van der Waals surface area contributed by atoms with Crippen LogP contribution < -0.4 is 10.1 Å². The van der Waals surface area contributed by atoms with E-state index in [0.29, 0.717) is 5.75 Å². The Hall–Kier alpha value is -1.71. The zero-order valence-corrected chi connectivity index (χ0v) is 9.07. The molecule has 0 saturated carbocycles. The second kappa shape index (κ2) is 4.21. The van der Waals surface area contributed by atoms with Crippen molar-refractivity contribution < 1.29 is 14.6 Å². The van der Waals surface area contributed by atoms with Gasteiger partial charge in [0.05, 0.1) is 12.6 Å². The number of benzene rings is 1. The zero-order valence-electron chi connectivity index (χ0n) is 9.07. The Bertz CT molecular complexity index is 361. The van der Waals surface area contributed by atoms with E-state index in [0.717, 1.165) is 5.56 Å². The third-order valence-electron chi connectivity index (χ3n) is 2.21. The lowest BCUT2D eigenvalue weighted by molar-refractivity contribution is 0.182. The SMILES string of the molecule is COc1cccc(C(C)(C)NC(=O)O)c1. The van der Waals surface area contributed by atoms with Gasteiger partial charge in [-0.25, -0.2) is 4.79 Å². The summed E-state index contributed by atoms with van der Waals surface area (Å²) in [5, 5.41) is 11.1. The Kier molecular flexibility index (Phi) is 3.19. The fourth-order valence-electron chi connectivity index (χ4n) is 1.35. The van der Waals surface area contributed by atoms with Crippen molar-refractivity contribution in [3.8, 4) is 5.75 Å². The van der Waals surface area contributed by atoms with Crippen molar-refractivity contribution in [2.45, 2.75) is 19.4 Å². The quantitative estimate of drug-likeness (QED) is 0.802. The second-order valence-corrected chi connectivity index (χ2v) is 3.79. The van der Waals surface area contributed by atoms with Gasteiger partial charge in [0, 0.05) is 0 Å². The first-order valence-electron chi connectivity index (χ1n) is 4.61. The average molecular weight is 209 g/mol. The fraction of sp³-hybridized carbons (Fsp3) is 0.364. The Labute approximate surface area is 88.9 Å². The highest BCUT2D eigenvalue weighted by Crippen LogP contribution is 2.23. The van der Waals surface area contributed by atoms with Crippen LogP contribution in [0.15, 0.2) is 24.3 Å². The minimum atomic E-state index is -1.04. The Morgan fingerprint density at radius 1 is 1.47 bits per heavy atom. The molecule has 0 radical (unpaired) electrons. The van der Waals surface area contributed by atoms with Gasteiger partial charge in [-0.3, -0.25) is 0 Å². The number of hydrogen-bond donors (Lipinski definition) is 2. The van der Waals surface area contributed by atoms with Gasteiger partial charge in [-0.15, -0.1) is 0 Å². The second-order valence-electron chi connectivity index (χ2n) is 3.79. The van der Waals surface area contributed by atoms with Crippen LogP contribution in [0.2, 0.25) is 0 Å². The van der Waals surface area contributed by atoms with Crippen LogP contribution in [0.5, 0.6) is 5.75 Å². The van der Waals surface area contributed by atoms with Gasteiger partial charge in [0.2, 0.25) is 0 Å². The van der Waals surface area contributed by atoms with Gasteiger partial charge in [0.25, 0.3) is 0 Å². The minimum Gasteiger partial charge on any atom is -0.497 e. The average Bonchev–Trinajstić information content (AvgIpc) is 2.16. The largest absolute Gasteiger partial charge is 0.497 e. The van der Waals surface area contributed by atoms with E-state index >= 15 is 0 Å². The maximum atomic E-state index is 10.6. The molecule has 1 rings (SSSR count). The smallest absolute Gasteiger partial charge is 0.405 e. The molecule has 1 aromatic rings. The molecule has 0 saturated heterocycles. The zero-order chi connectivity index (χ0) is 11.5. The van der Waals surface area contributed by atoms with Crippen molar-refractivity contribution in [3.63, 3.8) is 0 Å². The standard InChI is InChI=1S/C11H15NO3/c1-11(2,12-10(13)14)8-5-4-6-9(7-8)15-3/h4-7,12H,1-3H3,(H,13,14). The Balaban J connectivity index is 2.98. The van der Waals surface area contributed by atoms with E-state index in [2.05, 4.69) is 5.32 Å². The van der Waals surface area contributed by atoms with Gasteiger partial charge in [-0.1, -0.05) is 12.1 Å². The summed E-state index contributed by atoms with van der Waals surface area (Å²) in [6.45, 7) is 3.60. The molecular formula is C11H15NO3. The van der Waals surface area contributed by atoms with Gasteiger partial charge in [-0.2, -0.15) is 0 Å². The molecule has 0 aromatic heterocycles. The number of hydrogen-bond acceptors (Lipinski definition) is 2. The summed E-state index contributed by atoms with van der Waals surface area (Å²) < 4.78 is 5.08. The Morgan fingerprint density at radius 3 is 2.67 bits per heavy atom. The highest BCUT2D eigenvalue weighted by molar-refractivity contribution is 5.66. The molecule has 0 unspecified atom stereocenters. The lowest BCUT2D eigenvalue weighted by atomic mass is 9.94. The molecule has 0 aliphatic carbocycles. The molecule has 0 bridgehead atoms. The highest BCUT2D eigenvalue weighted by Gasteiger charge is 2.22. The lowest BCUT2D eigenvalue weighted by Gasteiger charge is -2.25. The van der Waals surface area contributed by atoms with E-state index in [-0.39, 0.29) is 0 Å². The minimum absolute atomic E-state index is 0.625. The van der Waals surface area contributed by atoms with E-state index in [1.54, 1.807) is 21.0 Å². The number of rotatable bonds is 3. The molecule has 2 N–H and O–H groups in total. The van der Waals surface area contributed by atoms with Crippen LogP contribution in [-0.2, 0) is 5.54 Å². The fourth-order valence-corrected chi connectivity index (χ4v) is 1.35. The van der Waals surface area contributed by atoms with E-state index in [9.17, 15) is 4.79 Å². The number of carbonyl (C=O) groups is 1. The number of nitrogens with one attached hydrogen (secondary N) is 1. The van der Waals surface area contributed by atoms with Crippen molar-refractivity contribution in [1.82, 2.24) is 5.32 Å². The summed E-state index contributed by atoms with van der Waals surface area (Å²) >= 11 is 0. The normalized spacial score (nSPS) is 10.9. The van der Waals surface area contributed by atoms with Crippen molar-refractivity contribution >= 4 is 6.09 Å². The molecule has 82 valence electrons. The molecule has 1 aromatic carbocycles. The van der Waals surface area contributed by atoms with E-state index in [1.165, 1.54) is 0 Å². The van der Waals surface area contributed by atoms with E-state index < -0.39 is 11.6 Å². The van der Waals surface area contributed by atoms with Crippen LogP contribution in [0.25, 0.3) is 0 Å². The molecular weight excluding hydrogens is 194 g/mol. The predicted molar refractivity (Wildman–Crippen MR) is 57.2 cm³/mol. The van der Waals surface area contributed by atoms with Gasteiger partial charge in [-0.05, 0) is 31.5 Å². The highest BCUT2D eigenvalue weighted by atomic mass is 16.5. The van der Waals surface area contributed by atoms with Crippen molar-refractivity contribution in [2.75, 3.05) is 7.11 Å². The van der Waals surface area contributed by atoms with E-state index in [4.69, 9.17) is 9.84 Å². The Morgan fingerprint density at radius 2 is 2.13 bits per heavy atom. The third-order valence-corrected chi connectivity index (χ3v) is 2.21. The topological polar surface area (TPSA) is 58.6 Å². The summed E-state index contributed by atoms with van der Waals surface area (Å²) in [5.74, 6) is 0.716. The monoisotopic (exact) mass is 209 g/mol. The first kappa shape index (κ1) is 11.4. The van der Waals surface area contributed by atoms with Crippen LogP contribution in [0.1, 0.15) is 19.4 Å². The maximum Gasteiger partial charge on any atom is 0.405 e. The summed E-state index contributed by atoms with van der Waals surface area (Å²) in [4.78, 5) is 10.6. The number of amides is 1. The predicted octanol–water partition coefficient (Wildman–Crippen LogP) is 2.20. The van der Waals surface area contributed by atoms with Gasteiger partial charge in [0.15, 0.2) is 0 Å². The van der Waals surface area contributed by atoms with Crippen LogP contribution in [0.4, 0.5) is 4.79 Å². The van der Waals surface area contributed by atoms with Crippen LogP contribution in [0.3, 0.4) is 0 Å². The summed E-state index contributed by atoms with van der Waals surface area (Å²) in [6, 6.07) is 7.33. The van der Waals surface area contributed by atoms with Crippen molar-refractivity contribution in [3.05, 3.63) is 29.8 Å². The molecule has 4 heteroatoms. The molecule has 0 atom stereocenters. The van der Waals surface area contributed by atoms with Gasteiger partial charge < -0.3 is 15.2 Å². The van der Waals surface area contributed by atoms with Crippen LogP contribution in [0, 0.1) is 0 Å². The summed E-state index contributed by atoms with van der Waals surface area (Å²) in [5.41, 5.74) is 0.240. The summed E-state index contributed by atoms with van der Waals surface area (Å²) in [6.07, 6.45) is -1.04. The van der Waals surface area contributed by atoms with E-state index in [1.807, 2.05) is 24.3 Å². The molecule has 0 heterocycles. The molecule has 0 aliphatic heterocycles. The molecule has 4 nitrogen and oxygen atoms in total. The van der Waals surface area contributed by atoms with Crippen molar-refractivity contribution in [2.24, 2.45) is 0 Å². The van der Waals surface area contributed by atoms with Crippen molar-refractivity contribution in [1.29, 1.82) is 0 Å². The number of carboxylic acid groups (broad SMARTS) is 1. The van der Waals surface area contributed by atoms with Crippen LogP contribution >= 0.6 is 0 Å². The maximum absolute atomic E-state index is 10.6. The van der Waals surface area contributed by atoms with Gasteiger partial charge >= 0.3 is 6.09 Å². The number of methoxy groups -OCH3 is 1.